The molecule has 0 saturated carbocycles. The van der Waals surface area contributed by atoms with Gasteiger partial charge in [-0.05, 0) is 47.7 Å². The first-order valence-electron chi connectivity index (χ1n) is 7.20. The van der Waals surface area contributed by atoms with Crippen molar-refractivity contribution in [3.63, 3.8) is 0 Å². The van der Waals surface area contributed by atoms with Gasteiger partial charge >= 0.3 is 0 Å². The van der Waals surface area contributed by atoms with E-state index in [4.69, 9.17) is 11.6 Å². The first-order valence-corrected chi connectivity index (χ1v) is 8.40. The third-order valence-electron chi connectivity index (χ3n) is 3.43. The number of halogens is 1. The van der Waals surface area contributed by atoms with Gasteiger partial charge in [0, 0.05) is 24.2 Å². The van der Waals surface area contributed by atoms with Gasteiger partial charge in [0.25, 0.3) is 11.6 Å². The minimum atomic E-state index is -0.467. The average Bonchev–Trinajstić information content (AvgIpc) is 2.85. The van der Waals surface area contributed by atoms with E-state index in [0.717, 1.165) is 0 Å². The standard InChI is InChI=1S/C17H12ClN3O3S/c1-20-16(22)15(10-11-3-2-4-14(9-11)21(23)24)25-17(20)19-13-7-5-12(18)6-8-13/h2-10H,1H3/b15-10+,19-17?. The van der Waals surface area contributed by atoms with E-state index in [1.54, 1.807) is 49.5 Å². The van der Waals surface area contributed by atoms with E-state index in [1.165, 1.54) is 28.8 Å². The summed E-state index contributed by atoms with van der Waals surface area (Å²) < 4.78 is 0. The Morgan fingerprint density at radius 1 is 1.24 bits per heavy atom. The molecule has 1 aliphatic rings. The van der Waals surface area contributed by atoms with Crippen molar-refractivity contribution >= 4 is 51.9 Å². The van der Waals surface area contributed by atoms with Gasteiger partial charge in [-0.2, -0.15) is 0 Å². The van der Waals surface area contributed by atoms with Crippen molar-refractivity contribution in [2.45, 2.75) is 0 Å². The summed E-state index contributed by atoms with van der Waals surface area (Å²) in [6, 6.07) is 13.1. The number of aliphatic imine (C=N–C) groups is 1. The van der Waals surface area contributed by atoms with Gasteiger partial charge < -0.3 is 0 Å². The molecule has 1 aliphatic heterocycles. The predicted octanol–water partition coefficient (Wildman–Crippen LogP) is 4.48. The topological polar surface area (TPSA) is 75.8 Å². The summed E-state index contributed by atoms with van der Waals surface area (Å²) >= 11 is 7.07. The van der Waals surface area contributed by atoms with Crippen molar-refractivity contribution in [1.29, 1.82) is 0 Å². The van der Waals surface area contributed by atoms with Crippen LogP contribution in [0.2, 0.25) is 5.02 Å². The van der Waals surface area contributed by atoms with Gasteiger partial charge in [-0.3, -0.25) is 19.8 Å². The SMILES string of the molecule is CN1C(=O)/C(=C\c2cccc([N+](=O)[O-])c2)SC1=Nc1ccc(Cl)cc1. The summed E-state index contributed by atoms with van der Waals surface area (Å²) in [7, 11) is 1.64. The number of rotatable bonds is 3. The van der Waals surface area contributed by atoms with Gasteiger partial charge in [0.1, 0.15) is 0 Å². The number of benzene rings is 2. The zero-order valence-electron chi connectivity index (χ0n) is 13.0. The van der Waals surface area contributed by atoms with Crippen LogP contribution in [0.3, 0.4) is 0 Å². The van der Waals surface area contributed by atoms with Gasteiger partial charge in [-0.15, -0.1) is 0 Å². The largest absolute Gasteiger partial charge is 0.290 e. The Hall–Kier alpha value is -2.64. The van der Waals surface area contributed by atoms with Crippen LogP contribution in [0.25, 0.3) is 6.08 Å². The number of carbonyl (C=O) groups excluding carboxylic acids is 1. The lowest BCUT2D eigenvalue weighted by atomic mass is 10.2. The molecule has 2 aromatic rings. The van der Waals surface area contributed by atoms with Gasteiger partial charge in [0.2, 0.25) is 0 Å². The van der Waals surface area contributed by atoms with Crippen LogP contribution in [0.1, 0.15) is 5.56 Å². The van der Waals surface area contributed by atoms with Crippen molar-refractivity contribution in [3.05, 3.63) is 74.1 Å². The van der Waals surface area contributed by atoms with E-state index in [0.29, 0.717) is 26.3 Å². The van der Waals surface area contributed by atoms with E-state index in [2.05, 4.69) is 4.99 Å². The molecule has 3 rings (SSSR count). The fraction of sp³-hybridized carbons (Fsp3) is 0.0588. The Balaban J connectivity index is 1.89. The molecule has 1 heterocycles. The molecular weight excluding hydrogens is 362 g/mol. The molecule has 8 heteroatoms. The van der Waals surface area contributed by atoms with Crippen LogP contribution in [-0.4, -0.2) is 27.9 Å². The second-order valence-corrected chi connectivity index (χ2v) is 6.64. The highest BCUT2D eigenvalue weighted by Gasteiger charge is 2.30. The van der Waals surface area contributed by atoms with E-state index < -0.39 is 4.92 Å². The van der Waals surface area contributed by atoms with E-state index in [9.17, 15) is 14.9 Å². The number of nitrogens with zero attached hydrogens (tertiary/aromatic N) is 3. The monoisotopic (exact) mass is 373 g/mol. The fourth-order valence-electron chi connectivity index (χ4n) is 2.16. The Labute approximate surface area is 153 Å². The van der Waals surface area contributed by atoms with Gasteiger partial charge in [0.05, 0.1) is 15.5 Å². The molecule has 0 aromatic heterocycles. The molecule has 1 fully saturated rings. The molecule has 6 nitrogen and oxygen atoms in total. The minimum absolute atomic E-state index is 0.0202. The second-order valence-electron chi connectivity index (χ2n) is 5.20. The molecule has 25 heavy (non-hydrogen) atoms. The van der Waals surface area contributed by atoms with Crippen LogP contribution >= 0.6 is 23.4 Å². The summed E-state index contributed by atoms with van der Waals surface area (Å²) in [6.07, 6.45) is 1.63. The fourth-order valence-corrected chi connectivity index (χ4v) is 3.27. The lowest BCUT2D eigenvalue weighted by molar-refractivity contribution is -0.384. The van der Waals surface area contributed by atoms with Crippen molar-refractivity contribution in [2.75, 3.05) is 7.05 Å². The van der Waals surface area contributed by atoms with E-state index in [-0.39, 0.29) is 11.6 Å². The summed E-state index contributed by atoms with van der Waals surface area (Å²) in [5.41, 5.74) is 1.25. The highest BCUT2D eigenvalue weighted by atomic mass is 35.5. The van der Waals surface area contributed by atoms with Gasteiger partial charge in [-0.1, -0.05) is 23.7 Å². The van der Waals surface area contributed by atoms with E-state index >= 15 is 0 Å². The summed E-state index contributed by atoms with van der Waals surface area (Å²) in [6.45, 7) is 0. The summed E-state index contributed by atoms with van der Waals surface area (Å²) in [5.74, 6) is -0.204. The second kappa shape index (κ2) is 7.08. The van der Waals surface area contributed by atoms with Crippen LogP contribution in [0, 0.1) is 10.1 Å². The molecule has 0 N–H and O–H groups in total. The molecule has 0 radical (unpaired) electrons. The molecule has 1 saturated heterocycles. The van der Waals surface area contributed by atoms with Crippen molar-refractivity contribution < 1.29 is 9.72 Å². The van der Waals surface area contributed by atoms with Gasteiger partial charge in [-0.25, -0.2) is 4.99 Å². The molecule has 126 valence electrons. The third kappa shape index (κ3) is 3.89. The number of carbonyl (C=O) groups is 1. The number of hydrogen-bond donors (Lipinski definition) is 0. The number of nitro groups is 1. The zero-order valence-corrected chi connectivity index (χ0v) is 14.6. The molecule has 0 spiro atoms. The van der Waals surface area contributed by atoms with Crippen molar-refractivity contribution in [3.8, 4) is 0 Å². The number of likely N-dealkylation sites (N-methyl/N-ethyl adjacent to an activating group) is 1. The quantitative estimate of drug-likeness (QED) is 0.451. The molecule has 2 aromatic carbocycles. The number of thioether (sulfide) groups is 1. The summed E-state index contributed by atoms with van der Waals surface area (Å²) in [5, 5.41) is 12.0. The number of amidine groups is 1. The van der Waals surface area contributed by atoms with Crippen LogP contribution < -0.4 is 0 Å². The smallest absolute Gasteiger partial charge is 0.270 e. The Bertz CT molecular complexity index is 910. The number of amides is 1. The van der Waals surface area contributed by atoms with Crippen LogP contribution in [0.15, 0.2) is 58.4 Å². The average molecular weight is 374 g/mol. The molecule has 0 bridgehead atoms. The molecule has 0 atom stereocenters. The van der Waals surface area contributed by atoms with Crippen LogP contribution in [0.5, 0.6) is 0 Å². The maximum atomic E-state index is 12.4. The summed E-state index contributed by atoms with van der Waals surface area (Å²) in [4.78, 5) is 29.1. The minimum Gasteiger partial charge on any atom is -0.290 e. The van der Waals surface area contributed by atoms with Crippen molar-refractivity contribution in [2.24, 2.45) is 4.99 Å². The molecule has 0 aliphatic carbocycles. The van der Waals surface area contributed by atoms with Crippen molar-refractivity contribution in [1.82, 2.24) is 4.90 Å². The van der Waals surface area contributed by atoms with E-state index in [1.807, 2.05) is 0 Å². The first-order chi connectivity index (χ1) is 11.9. The Kier molecular flexibility index (Phi) is 4.87. The van der Waals surface area contributed by atoms with Crippen LogP contribution in [0.4, 0.5) is 11.4 Å². The normalized spacial score (nSPS) is 17.5. The maximum absolute atomic E-state index is 12.4. The molecule has 0 unspecified atom stereocenters. The number of nitro benzene ring substituents is 1. The molecule has 1 amide bonds. The Morgan fingerprint density at radius 3 is 2.64 bits per heavy atom. The maximum Gasteiger partial charge on any atom is 0.270 e. The Morgan fingerprint density at radius 2 is 1.96 bits per heavy atom. The lowest BCUT2D eigenvalue weighted by Crippen LogP contribution is -2.23. The number of hydrogen-bond acceptors (Lipinski definition) is 5. The third-order valence-corrected chi connectivity index (χ3v) is 4.75. The predicted molar refractivity (Wildman–Crippen MR) is 100.0 cm³/mol. The van der Waals surface area contributed by atoms with Crippen LogP contribution in [-0.2, 0) is 4.79 Å². The lowest BCUT2D eigenvalue weighted by Gasteiger charge is -2.07. The van der Waals surface area contributed by atoms with Gasteiger partial charge in [0.15, 0.2) is 5.17 Å². The molecular formula is C17H12ClN3O3S. The first kappa shape index (κ1) is 17.2. The number of non-ortho nitro benzene ring substituents is 1. The highest BCUT2D eigenvalue weighted by molar-refractivity contribution is 8.18. The highest BCUT2D eigenvalue weighted by Crippen LogP contribution is 2.33. The zero-order chi connectivity index (χ0) is 18.0.